The van der Waals surface area contributed by atoms with Gasteiger partial charge in [0, 0.05) is 35.0 Å². The van der Waals surface area contributed by atoms with E-state index >= 15 is 0 Å². The molecule has 1 N–H and O–H groups in total. The number of para-hydroxylation sites is 1. The summed E-state index contributed by atoms with van der Waals surface area (Å²) in [7, 11) is 4.47. The van der Waals surface area contributed by atoms with Crippen molar-refractivity contribution in [3.05, 3.63) is 100 Å². The first-order valence-corrected chi connectivity index (χ1v) is 13.0. The smallest absolute Gasteiger partial charge is 0.338 e. The Morgan fingerprint density at radius 3 is 2.65 bits per heavy atom. The fourth-order valence-electron chi connectivity index (χ4n) is 4.92. The van der Waals surface area contributed by atoms with E-state index in [0.717, 1.165) is 22.5 Å². The SMILES string of the molecule is COC(=O)c1ccnc(NC(=O)CC[C@H]2O[C@H](c3cccc(OC)c3OC)c3cc(Cl)ccc3-n3cccc32)c1. The lowest BCUT2D eigenvalue weighted by Crippen LogP contribution is -2.17. The predicted molar refractivity (Wildman–Crippen MR) is 149 cm³/mol. The van der Waals surface area contributed by atoms with Crippen molar-refractivity contribution in [2.45, 2.75) is 25.0 Å². The zero-order chi connectivity index (χ0) is 28.2. The molecule has 1 amide bonds. The van der Waals surface area contributed by atoms with Crippen LogP contribution in [0.3, 0.4) is 0 Å². The summed E-state index contributed by atoms with van der Waals surface area (Å²) in [4.78, 5) is 28.9. The zero-order valence-corrected chi connectivity index (χ0v) is 23.0. The van der Waals surface area contributed by atoms with Crippen LogP contribution in [0.5, 0.6) is 11.5 Å². The predicted octanol–water partition coefficient (Wildman–Crippen LogP) is 5.91. The molecule has 0 fully saturated rings. The summed E-state index contributed by atoms with van der Waals surface area (Å²) in [5.74, 6) is 0.619. The lowest BCUT2D eigenvalue weighted by atomic mass is 9.98. The summed E-state index contributed by atoms with van der Waals surface area (Å²) in [5, 5.41) is 3.33. The van der Waals surface area contributed by atoms with Gasteiger partial charge >= 0.3 is 5.97 Å². The number of nitrogens with one attached hydrogen (secondary N) is 1. The van der Waals surface area contributed by atoms with Crippen LogP contribution in [0.2, 0.25) is 5.02 Å². The Morgan fingerprint density at radius 2 is 1.88 bits per heavy atom. The monoisotopic (exact) mass is 561 g/mol. The van der Waals surface area contributed by atoms with Gasteiger partial charge in [0.05, 0.1) is 44.4 Å². The third kappa shape index (κ3) is 5.38. The third-order valence-corrected chi connectivity index (χ3v) is 6.98. The van der Waals surface area contributed by atoms with Gasteiger partial charge < -0.3 is 28.8 Å². The van der Waals surface area contributed by atoms with Crippen molar-refractivity contribution in [1.29, 1.82) is 0 Å². The van der Waals surface area contributed by atoms with Crippen molar-refractivity contribution in [3.63, 3.8) is 0 Å². The van der Waals surface area contributed by atoms with Crippen LogP contribution in [-0.2, 0) is 14.3 Å². The number of pyridine rings is 1. The molecule has 2 atom stereocenters. The number of aromatic nitrogens is 2. The summed E-state index contributed by atoms with van der Waals surface area (Å²) < 4.78 is 24.9. The second kappa shape index (κ2) is 11.8. The van der Waals surface area contributed by atoms with E-state index in [2.05, 4.69) is 14.9 Å². The molecule has 0 saturated carbocycles. The van der Waals surface area contributed by atoms with E-state index in [4.69, 9.17) is 30.5 Å². The van der Waals surface area contributed by atoms with Gasteiger partial charge in [-0.05, 0) is 55.0 Å². The highest BCUT2D eigenvalue weighted by atomic mass is 35.5. The maximum absolute atomic E-state index is 13.0. The molecular formula is C30H28ClN3O6. The van der Waals surface area contributed by atoms with E-state index in [1.807, 2.05) is 54.7 Å². The molecule has 0 saturated heterocycles. The molecule has 1 aliphatic heterocycles. The Balaban J connectivity index is 1.46. The molecule has 0 bridgehead atoms. The Hall–Kier alpha value is -4.34. The van der Waals surface area contributed by atoms with Crippen molar-refractivity contribution in [2.75, 3.05) is 26.6 Å². The molecule has 206 valence electrons. The maximum atomic E-state index is 13.0. The minimum absolute atomic E-state index is 0.138. The van der Waals surface area contributed by atoms with Gasteiger partial charge in [0.2, 0.25) is 5.91 Å². The number of esters is 1. The Morgan fingerprint density at radius 1 is 1.02 bits per heavy atom. The van der Waals surface area contributed by atoms with Crippen molar-refractivity contribution in [3.8, 4) is 17.2 Å². The summed E-state index contributed by atoms with van der Waals surface area (Å²) in [6.45, 7) is 0. The molecule has 10 heteroatoms. The largest absolute Gasteiger partial charge is 0.493 e. The highest BCUT2D eigenvalue weighted by Gasteiger charge is 2.33. The highest BCUT2D eigenvalue weighted by Crippen LogP contribution is 2.46. The molecule has 9 nitrogen and oxygen atoms in total. The molecule has 40 heavy (non-hydrogen) atoms. The highest BCUT2D eigenvalue weighted by molar-refractivity contribution is 6.30. The molecular weight excluding hydrogens is 534 g/mol. The minimum Gasteiger partial charge on any atom is -0.493 e. The maximum Gasteiger partial charge on any atom is 0.338 e. The number of methoxy groups -OCH3 is 3. The van der Waals surface area contributed by atoms with Crippen molar-refractivity contribution in [1.82, 2.24) is 9.55 Å². The van der Waals surface area contributed by atoms with Gasteiger partial charge in [0.1, 0.15) is 11.9 Å². The number of benzene rings is 2. The minimum atomic E-state index is -0.565. The fraction of sp³-hybridized carbons (Fsp3) is 0.233. The van der Waals surface area contributed by atoms with Gasteiger partial charge in [0.25, 0.3) is 0 Å². The van der Waals surface area contributed by atoms with E-state index in [0.29, 0.717) is 28.5 Å². The van der Waals surface area contributed by atoms with E-state index < -0.39 is 18.2 Å². The van der Waals surface area contributed by atoms with Gasteiger partial charge in [-0.2, -0.15) is 0 Å². The number of ether oxygens (including phenoxy) is 4. The Bertz CT molecular complexity index is 1550. The Labute approximate surface area is 236 Å². The number of anilines is 1. The number of carbonyl (C=O) groups excluding carboxylic acids is 2. The lowest BCUT2D eigenvalue weighted by molar-refractivity contribution is -0.117. The molecule has 0 radical (unpaired) electrons. The van der Waals surface area contributed by atoms with Crippen LogP contribution in [0.25, 0.3) is 5.69 Å². The molecule has 0 spiro atoms. The quantitative estimate of drug-likeness (QED) is 0.267. The van der Waals surface area contributed by atoms with Crippen molar-refractivity contribution < 1.29 is 28.5 Å². The average molecular weight is 562 g/mol. The molecule has 0 aliphatic carbocycles. The number of hydrogen-bond donors (Lipinski definition) is 1. The number of amides is 1. The number of rotatable bonds is 8. The number of nitrogens with zero attached hydrogens (tertiary/aromatic N) is 2. The summed E-state index contributed by atoms with van der Waals surface area (Å²) in [6.07, 6.45) is 2.90. The van der Waals surface area contributed by atoms with Crippen LogP contribution in [-0.4, -0.2) is 42.8 Å². The van der Waals surface area contributed by atoms with Gasteiger partial charge in [-0.1, -0.05) is 23.7 Å². The second-order valence-corrected chi connectivity index (χ2v) is 9.54. The van der Waals surface area contributed by atoms with E-state index in [9.17, 15) is 9.59 Å². The van der Waals surface area contributed by atoms with Crippen LogP contribution in [0.15, 0.2) is 73.1 Å². The van der Waals surface area contributed by atoms with Crippen LogP contribution < -0.4 is 14.8 Å². The molecule has 1 aliphatic rings. The first kappa shape index (κ1) is 27.2. The van der Waals surface area contributed by atoms with E-state index in [1.54, 1.807) is 14.2 Å². The summed E-state index contributed by atoms with van der Waals surface area (Å²) >= 11 is 6.46. The summed E-state index contributed by atoms with van der Waals surface area (Å²) in [5.41, 5.74) is 3.73. The second-order valence-electron chi connectivity index (χ2n) is 9.10. The zero-order valence-electron chi connectivity index (χ0n) is 22.2. The van der Waals surface area contributed by atoms with E-state index in [1.165, 1.54) is 25.4 Å². The van der Waals surface area contributed by atoms with Crippen molar-refractivity contribution in [2.24, 2.45) is 0 Å². The summed E-state index contributed by atoms with van der Waals surface area (Å²) in [6, 6.07) is 18.2. The normalized spacial score (nSPS) is 15.8. The topological polar surface area (TPSA) is 101 Å². The first-order chi connectivity index (χ1) is 19.4. The molecule has 2 aromatic heterocycles. The number of carbonyl (C=O) groups is 2. The van der Waals surface area contributed by atoms with Crippen LogP contribution in [0.1, 0.15) is 52.2 Å². The van der Waals surface area contributed by atoms with E-state index in [-0.39, 0.29) is 18.1 Å². The lowest BCUT2D eigenvalue weighted by Gasteiger charge is -2.25. The molecule has 5 rings (SSSR count). The third-order valence-electron chi connectivity index (χ3n) is 6.74. The number of hydrogen-bond acceptors (Lipinski definition) is 7. The van der Waals surface area contributed by atoms with Gasteiger partial charge in [-0.25, -0.2) is 9.78 Å². The van der Waals surface area contributed by atoms with Crippen molar-refractivity contribution >= 4 is 29.3 Å². The molecule has 0 unspecified atom stereocenters. The van der Waals surface area contributed by atoms with Crippen LogP contribution in [0.4, 0.5) is 5.82 Å². The first-order valence-electron chi connectivity index (χ1n) is 12.6. The number of halogens is 1. The number of fused-ring (bicyclic) bond motifs is 3. The average Bonchev–Trinajstić information content (AvgIpc) is 3.41. The van der Waals surface area contributed by atoms with Crippen LogP contribution >= 0.6 is 11.6 Å². The van der Waals surface area contributed by atoms with Gasteiger partial charge in [-0.3, -0.25) is 4.79 Å². The van der Waals surface area contributed by atoms with Gasteiger partial charge in [0.15, 0.2) is 11.5 Å². The standard InChI is InChI=1S/C30H28ClN3O6/c1-37-25-8-4-6-20(29(25)38-2)28-21-17-19(31)9-10-22(21)34-15-5-7-23(34)24(40-28)11-12-27(35)33-26-16-18(13-14-32-26)30(36)39-3/h4-10,13-17,24,28H,11-12H2,1-3H3,(H,32,33,35)/t24-,28-/m1/s1. The molecule has 4 aromatic rings. The van der Waals surface area contributed by atoms with Crippen LogP contribution in [0, 0.1) is 0 Å². The fourth-order valence-corrected chi connectivity index (χ4v) is 5.10. The van der Waals surface area contributed by atoms with Gasteiger partial charge in [-0.15, -0.1) is 0 Å². The molecule has 2 aromatic carbocycles. The molecule has 3 heterocycles. The Kier molecular flexibility index (Phi) is 8.04.